The molecule has 7 heteroatoms. The molecule has 0 radical (unpaired) electrons. The largest absolute Gasteiger partial charge is 0.490 e. The van der Waals surface area contributed by atoms with Crippen molar-refractivity contribution in [2.24, 2.45) is 0 Å². The molecule has 3 aromatic rings. The molecule has 0 aliphatic heterocycles. The van der Waals surface area contributed by atoms with E-state index in [1.807, 2.05) is 0 Å². The maximum atomic E-state index is 13.0. The number of halogens is 1. The molecule has 0 saturated heterocycles. The molecule has 0 bridgehead atoms. The van der Waals surface area contributed by atoms with Crippen LogP contribution in [-0.2, 0) is 0 Å². The highest BCUT2D eigenvalue weighted by Gasteiger charge is 2.13. The second-order valence-electron chi connectivity index (χ2n) is 4.49. The highest BCUT2D eigenvalue weighted by Crippen LogP contribution is 2.30. The first kappa shape index (κ1) is 14.0. The number of aliphatic hydroxyl groups is 1. The zero-order valence-electron chi connectivity index (χ0n) is 11.4. The number of fused-ring (bicyclic) bond motifs is 1. The molecule has 1 N–H and O–H groups in total. The Morgan fingerprint density at radius 1 is 1.36 bits per heavy atom. The van der Waals surface area contributed by atoms with E-state index in [1.54, 1.807) is 18.3 Å². The summed E-state index contributed by atoms with van der Waals surface area (Å²) in [7, 11) is 0. The van der Waals surface area contributed by atoms with Gasteiger partial charge in [0, 0.05) is 17.3 Å². The normalized spacial score (nSPS) is 10.6. The van der Waals surface area contributed by atoms with Crippen molar-refractivity contribution in [1.82, 2.24) is 14.6 Å². The lowest BCUT2D eigenvalue weighted by Gasteiger charge is -2.09. The summed E-state index contributed by atoms with van der Waals surface area (Å²) in [4.78, 5) is 3.63. The second kappa shape index (κ2) is 5.79. The van der Waals surface area contributed by atoms with Gasteiger partial charge < -0.3 is 9.84 Å². The third-order valence-corrected chi connectivity index (χ3v) is 3.11. The Kier molecular flexibility index (Phi) is 3.68. The standard InChI is InChI=1S/C15H11FN4O2/c16-14-2-1-10(7-18-14)13-5-12(22-4-3-21)9-20-15(13)11(6-17)8-19-20/h1-2,5,7-9,21H,3-4H2. The monoisotopic (exact) mass is 298 g/mol. The van der Waals surface area contributed by atoms with Crippen LogP contribution in [0.2, 0.25) is 0 Å². The summed E-state index contributed by atoms with van der Waals surface area (Å²) >= 11 is 0. The molecule has 0 fully saturated rings. The summed E-state index contributed by atoms with van der Waals surface area (Å²) in [6.45, 7) is 0.0209. The Hall–Kier alpha value is -2.98. The van der Waals surface area contributed by atoms with Gasteiger partial charge in [-0.3, -0.25) is 0 Å². The summed E-state index contributed by atoms with van der Waals surface area (Å²) in [6, 6.07) is 6.60. The minimum absolute atomic E-state index is 0.117. The summed E-state index contributed by atoms with van der Waals surface area (Å²) in [6.07, 6.45) is 4.45. The van der Waals surface area contributed by atoms with Crippen LogP contribution in [0.3, 0.4) is 0 Å². The van der Waals surface area contributed by atoms with Gasteiger partial charge in [-0.05, 0) is 18.2 Å². The van der Waals surface area contributed by atoms with Gasteiger partial charge in [0.15, 0.2) is 0 Å². The van der Waals surface area contributed by atoms with E-state index in [9.17, 15) is 9.65 Å². The van der Waals surface area contributed by atoms with Crippen molar-refractivity contribution in [3.05, 3.63) is 48.3 Å². The number of aromatic nitrogens is 3. The van der Waals surface area contributed by atoms with Gasteiger partial charge in [0.2, 0.25) is 5.95 Å². The highest BCUT2D eigenvalue weighted by molar-refractivity contribution is 5.84. The number of nitriles is 1. The van der Waals surface area contributed by atoms with Gasteiger partial charge in [-0.15, -0.1) is 0 Å². The number of hydrogen-bond donors (Lipinski definition) is 1. The van der Waals surface area contributed by atoms with Crippen LogP contribution in [0.5, 0.6) is 5.75 Å². The molecule has 6 nitrogen and oxygen atoms in total. The fourth-order valence-electron chi connectivity index (χ4n) is 2.18. The molecule has 0 amide bonds. The van der Waals surface area contributed by atoms with E-state index < -0.39 is 5.95 Å². The zero-order valence-corrected chi connectivity index (χ0v) is 11.4. The molecule has 0 atom stereocenters. The maximum absolute atomic E-state index is 13.0. The van der Waals surface area contributed by atoms with Crippen LogP contribution in [0.4, 0.5) is 4.39 Å². The van der Waals surface area contributed by atoms with Crippen LogP contribution < -0.4 is 4.74 Å². The molecule has 0 saturated carbocycles. The molecule has 3 aromatic heterocycles. The first-order chi connectivity index (χ1) is 10.7. The number of pyridine rings is 2. The predicted molar refractivity (Wildman–Crippen MR) is 75.7 cm³/mol. The van der Waals surface area contributed by atoms with Gasteiger partial charge >= 0.3 is 0 Å². The lowest BCUT2D eigenvalue weighted by molar-refractivity contribution is 0.201. The van der Waals surface area contributed by atoms with E-state index in [1.165, 1.54) is 23.0 Å². The molecule has 0 spiro atoms. The van der Waals surface area contributed by atoms with Crippen molar-refractivity contribution < 1.29 is 14.2 Å². The Labute approximate surface area is 125 Å². The average molecular weight is 298 g/mol. The van der Waals surface area contributed by atoms with Crippen molar-refractivity contribution in [1.29, 1.82) is 5.26 Å². The number of rotatable bonds is 4. The fraction of sp³-hybridized carbons (Fsp3) is 0.133. The highest BCUT2D eigenvalue weighted by atomic mass is 19.1. The van der Waals surface area contributed by atoms with Crippen LogP contribution in [0, 0.1) is 17.3 Å². The Bertz CT molecular complexity index is 852. The van der Waals surface area contributed by atoms with Gasteiger partial charge in [0.25, 0.3) is 0 Å². The number of ether oxygens (including phenoxy) is 1. The lowest BCUT2D eigenvalue weighted by atomic mass is 10.1. The number of hydrogen-bond acceptors (Lipinski definition) is 5. The van der Waals surface area contributed by atoms with Gasteiger partial charge in [0.1, 0.15) is 18.4 Å². The number of nitrogens with zero attached hydrogens (tertiary/aromatic N) is 4. The third-order valence-electron chi connectivity index (χ3n) is 3.11. The average Bonchev–Trinajstić information content (AvgIpc) is 2.96. The molecule has 22 heavy (non-hydrogen) atoms. The first-order valence-corrected chi connectivity index (χ1v) is 6.50. The van der Waals surface area contributed by atoms with Crippen LogP contribution in [0.1, 0.15) is 5.56 Å². The first-order valence-electron chi connectivity index (χ1n) is 6.50. The van der Waals surface area contributed by atoms with E-state index in [-0.39, 0.29) is 13.2 Å². The van der Waals surface area contributed by atoms with Crippen molar-refractivity contribution in [2.75, 3.05) is 13.2 Å². The van der Waals surface area contributed by atoms with E-state index in [0.717, 1.165) is 0 Å². The van der Waals surface area contributed by atoms with Gasteiger partial charge in [-0.25, -0.2) is 9.50 Å². The predicted octanol–water partition coefficient (Wildman–Crippen LogP) is 1.78. The Morgan fingerprint density at radius 2 is 2.23 bits per heavy atom. The molecule has 0 unspecified atom stereocenters. The molecule has 3 heterocycles. The van der Waals surface area contributed by atoms with E-state index >= 15 is 0 Å². The van der Waals surface area contributed by atoms with Gasteiger partial charge in [-0.2, -0.15) is 14.8 Å². The van der Waals surface area contributed by atoms with Crippen molar-refractivity contribution in [3.8, 4) is 22.9 Å². The topological polar surface area (TPSA) is 83.4 Å². The lowest BCUT2D eigenvalue weighted by Crippen LogP contribution is -2.03. The maximum Gasteiger partial charge on any atom is 0.212 e. The summed E-state index contributed by atoms with van der Waals surface area (Å²) < 4.78 is 19.9. The van der Waals surface area contributed by atoms with Crippen LogP contribution in [-0.4, -0.2) is 32.9 Å². The Morgan fingerprint density at radius 3 is 2.91 bits per heavy atom. The van der Waals surface area contributed by atoms with Crippen molar-refractivity contribution in [2.45, 2.75) is 0 Å². The minimum Gasteiger partial charge on any atom is -0.490 e. The van der Waals surface area contributed by atoms with Crippen LogP contribution in [0.25, 0.3) is 16.6 Å². The molecular formula is C15H11FN4O2. The third kappa shape index (κ3) is 2.47. The van der Waals surface area contributed by atoms with Crippen molar-refractivity contribution in [3.63, 3.8) is 0 Å². The zero-order chi connectivity index (χ0) is 15.5. The van der Waals surface area contributed by atoms with Crippen LogP contribution in [0.15, 0.2) is 36.8 Å². The van der Waals surface area contributed by atoms with E-state index in [4.69, 9.17) is 9.84 Å². The molecular weight excluding hydrogens is 287 g/mol. The SMILES string of the molecule is N#Cc1cnn2cc(OCCO)cc(-c3ccc(F)nc3)c12. The van der Waals surface area contributed by atoms with E-state index in [0.29, 0.717) is 28.0 Å². The molecule has 0 aliphatic rings. The van der Waals surface area contributed by atoms with Crippen LogP contribution >= 0.6 is 0 Å². The Balaban J connectivity index is 2.22. The summed E-state index contributed by atoms with van der Waals surface area (Å²) in [5, 5.41) is 22.2. The minimum atomic E-state index is -0.582. The second-order valence-corrected chi connectivity index (χ2v) is 4.49. The fourth-order valence-corrected chi connectivity index (χ4v) is 2.18. The quantitative estimate of drug-likeness (QED) is 0.742. The smallest absolute Gasteiger partial charge is 0.212 e. The van der Waals surface area contributed by atoms with Gasteiger partial charge in [0.05, 0.1) is 30.1 Å². The molecule has 3 rings (SSSR count). The molecule has 0 aromatic carbocycles. The molecule has 110 valence electrons. The summed E-state index contributed by atoms with van der Waals surface area (Å²) in [5.74, 6) is -0.102. The van der Waals surface area contributed by atoms with E-state index in [2.05, 4.69) is 16.2 Å². The van der Waals surface area contributed by atoms with Crippen molar-refractivity contribution >= 4 is 5.52 Å². The summed E-state index contributed by atoms with van der Waals surface area (Å²) in [5.41, 5.74) is 2.27. The number of aliphatic hydroxyl groups excluding tert-OH is 1. The van der Waals surface area contributed by atoms with Gasteiger partial charge in [-0.1, -0.05) is 0 Å². The molecule has 0 aliphatic carbocycles.